The molecule has 0 unspecified atom stereocenters. The van der Waals surface area contributed by atoms with Crippen LogP contribution < -0.4 is 9.46 Å². The average molecular weight is 431 g/mol. The minimum Gasteiger partial charge on any atom is -0.507 e. The molecule has 2 aromatic carbocycles. The number of alkyl halides is 6. The highest BCUT2D eigenvalue weighted by Crippen LogP contribution is 2.37. The van der Waals surface area contributed by atoms with Crippen molar-refractivity contribution in [3.8, 4) is 11.5 Å². The molecule has 0 spiro atoms. The van der Waals surface area contributed by atoms with Gasteiger partial charge in [-0.3, -0.25) is 4.72 Å². The van der Waals surface area contributed by atoms with Crippen LogP contribution in [0.1, 0.15) is 19.4 Å². The molecule has 5 nitrogen and oxygen atoms in total. The third-order valence-corrected chi connectivity index (χ3v) is 4.32. The first kappa shape index (κ1) is 23.4. The van der Waals surface area contributed by atoms with Gasteiger partial charge in [0.25, 0.3) is 10.0 Å². The lowest BCUT2D eigenvalue weighted by atomic mass is 10.2. The second kappa shape index (κ2) is 8.59. The second-order valence-corrected chi connectivity index (χ2v) is 6.54. The van der Waals surface area contributed by atoms with Crippen molar-refractivity contribution in [1.29, 1.82) is 0 Å². The average Bonchev–Trinajstić information content (AvgIpc) is 2.54. The van der Waals surface area contributed by atoms with Gasteiger partial charge in [0.2, 0.25) is 0 Å². The highest BCUT2D eigenvalue weighted by atomic mass is 32.2. The maximum Gasteiger partial charge on any atom is 0.573 e. The zero-order valence-corrected chi connectivity index (χ0v) is 15.2. The molecule has 0 saturated heterocycles. The molecule has 0 aliphatic heterocycles. The van der Waals surface area contributed by atoms with Crippen LogP contribution in [0.2, 0.25) is 0 Å². The largest absolute Gasteiger partial charge is 0.573 e. The van der Waals surface area contributed by atoms with E-state index in [1.807, 2.05) is 18.6 Å². The summed E-state index contributed by atoms with van der Waals surface area (Å²) in [5, 5.41) is 9.36. The minimum atomic E-state index is -4.95. The molecule has 156 valence electrons. The van der Waals surface area contributed by atoms with E-state index in [0.29, 0.717) is 12.1 Å². The van der Waals surface area contributed by atoms with Crippen LogP contribution in [-0.4, -0.2) is 19.9 Å². The van der Waals surface area contributed by atoms with Crippen molar-refractivity contribution in [2.24, 2.45) is 0 Å². The van der Waals surface area contributed by atoms with Crippen LogP contribution in [-0.2, 0) is 16.2 Å². The number of hydrogen-bond acceptors (Lipinski definition) is 4. The standard InChI is InChI=1S/C14H9F6NO4S.C2H6/c15-13(16,17)11-6-1-8(7-12(11)22)21-26(23,24)10-4-2-9(3-5-10)25-14(18,19)20;1-2/h1-7,21-22H;1-2H3. The van der Waals surface area contributed by atoms with E-state index in [2.05, 4.69) is 4.74 Å². The van der Waals surface area contributed by atoms with E-state index in [1.54, 1.807) is 0 Å². The number of hydrogen-bond donors (Lipinski definition) is 2. The molecule has 2 rings (SSSR count). The predicted octanol–water partition coefficient (Wildman–Crippen LogP) is 5.14. The molecule has 0 aliphatic rings. The Bertz CT molecular complexity index is 893. The van der Waals surface area contributed by atoms with Gasteiger partial charge in [-0.15, -0.1) is 13.2 Å². The van der Waals surface area contributed by atoms with Crippen molar-refractivity contribution < 1.29 is 44.6 Å². The summed E-state index contributed by atoms with van der Waals surface area (Å²) in [5.74, 6) is -1.84. The summed E-state index contributed by atoms with van der Waals surface area (Å²) in [7, 11) is -4.32. The van der Waals surface area contributed by atoms with E-state index in [4.69, 9.17) is 0 Å². The monoisotopic (exact) mass is 431 g/mol. The fourth-order valence-electron chi connectivity index (χ4n) is 1.87. The predicted molar refractivity (Wildman–Crippen MR) is 88.4 cm³/mol. The number of phenolic OH excluding ortho intramolecular Hbond substituents is 1. The number of aromatic hydroxyl groups is 1. The first-order valence-corrected chi connectivity index (χ1v) is 9.05. The molecule has 0 amide bonds. The molecule has 2 aromatic rings. The van der Waals surface area contributed by atoms with Crippen molar-refractivity contribution in [2.45, 2.75) is 31.3 Å². The molecule has 0 radical (unpaired) electrons. The Morgan fingerprint density at radius 2 is 1.46 bits per heavy atom. The van der Waals surface area contributed by atoms with Gasteiger partial charge in [-0.1, -0.05) is 13.8 Å². The SMILES string of the molecule is CC.O=S(=O)(Nc1ccc(C(F)(F)F)c(O)c1)c1ccc(OC(F)(F)F)cc1. The van der Waals surface area contributed by atoms with Gasteiger partial charge in [-0.05, 0) is 36.4 Å². The summed E-state index contributed by atoms with van der Waals surface area (Å²) in [6, 6.07) is 4.95. The van der Waals surface area contributed by atoms with Gasteiger partial charge in [0, 0.05) is 6.07 Å². The van der Waals surface area contributed by atoms with Gasteiger partial charge < -0.3 is 9.84 Å². The summed E-state index contributed by atoms with van der Waals surface area (Å²) in [6.45, 7) is 4.00. The van der Waals surface area contributed by atoms with Crippen LogP contribution in [0.4, 0.5) is 32.0 Å². The normalized spacial score (nSPS) is 12.0. The third kappa shape index (κ3) is 6.51. The van der Waals surface area contributed by atoms with Gasteiger partial charge in [0.1, 0.15) is 11.5 Å². The van der Waals surface area contributed by atoms with Gasteiger partial charge in [0.15, 0.2) is 0 Å². The number of rotatable bonds is 4. The maximum atomic E-state index is 12.5. The molecule has 0 heterocycles. The highest BCUT2D eigenvalue weighted by Gasteiger charge is 2.34. The Labute approximate surface area is 156 Å². The fraction of sp³-hybridized carbons (Fsp3) is 0.250. The molecule has 0 atom stereocenters. The molecule has 0 fully saturated rings. The number of benzene rings is 2. The maximum absolute atomic E-state index is 12.5. The van der Waals surface area contributed by atoms with Gasteiger partial charge in [0.05, 0.1) is 16.1 Å². The van der Waals surface area contributed by atoms with Crippen LogP contribution in [0.25, 0.3) is 0 Å². The number of ether oxygens (including phenoxy) is 1. The molecule has 12 heteroatoms. The minimum absolute atomic E-state index is 0.369. The summed E-state index contributed by atoms with van der Waals surface area (Å²) < 4.78 is 104. The van der Waals surface area contributed by atoms with Crippen molar-refractivity contribution in [3.63, 3.8) is 0 Å². The summed E-state index contributed by atoms with van der Waals surface area (Å²) in [6.07, 6.45) is -9.77. The van der Waals surface area contributed by atoms with E-state index in [-0.39, 0.29) is 5.69 Å². The van der Waals surface area contributed by atoms with E-state index < -0.39 is 44.5 Å². The number of nitrogens with one attached hydrogen (secondary N) is 1. The number of sulfonamides is 1. The smallest absolute Gasteiger partial charge is 0.507 e. The van der Waals surface area contributed by atoms with Gasteiger partial charge in [-0.25, -0.2) is 8.42 Å². The Kier molecular flexibility index (Phi) is 7.18. The van der Waals surface area contributed by atoms with Crippen molar-refractivity contribution >= 4 is 15.7 Å². The zero-order valence-electron chi connectivity index (χ0n) is 14.4. The van der Waals surface area contributed by atoms with E-state index in [9.17, 15) is 39.9 Å². The fourth-order valence-corrected chi connectivity index (χ4v) is 2.92. The molecular formula is C16H15F6NO4S. The first-order chi connectivity index (χ1) is 12.8. The van der Waals surface area contributed by atoms with E-state index in [0.717, 1.165) is 30.3 Å². The summed E-state index contributed by atoms with van der Waals surface area (Å²) in [4.78, 5) is -0.466. The van der Waals surface area contributed by atoms with E-state index >= 15 is 0 Å². The highest BCUT2D eigenvalue weighted by molar-refractivity contribution is 7.92. The Hall–Kier alpha value is -2.63. The van der Waals surface area contributed by atoms with Crippen LogP contribution in [0.15, 0.2) is 47.4 Å². The summed E-state index contributed by atoms with van der Waals surface area (Å²) >= 11 is 0. The molecule has 0 bridgehead atoms. The molecule has 0 aliphatic carbocycles. The first-order valence-electron chi connectivity index (χ1n) is 7.57. The lowest BCUT2D eigenvalue weighted by molar-refractivity contribution is -0.274. The number of anilines is 1. The number of halogens is 6. The lowest BCUT2D eigenvalue weighted by Gasteiger charge is -2.13. The van der Waals surface area contributed by atoms with Crippen LogP contribution in [0.3, 0.4) is 0 Å². The van der Waals surface area contributed by atoms with Crippen molar-refractivity contribution in [2.75, 3.05) is 4.72 Å². The lowest BCUT2D eigenvalue weighted by Crippen LogP contribution is -2.17. The van der Waals surface area contributed by atoms with Crippen molar-refractivity contribution in [1.82, 2.24) is 0 Å². The topological polar surface area (TPSA) is 75.6 Å². The Balaban J connectivity index is 0.00000190. The van der Waals surface area contributed by atoms with Gasteiger partial charge in [-0.2, -0.15) is 13.2 Å². The second-order valence-electron chi connectivity index (χ2n) is 4.85. The van der Waals surface area contributed by atoms with Crippen molar-refractivity contribution in [3.05, 3.63) is 48.0 Å². The number of phenols is 1. The van der Waals surface area contributed by atoms with Crippen LogP contribution in [0.5, 0.6) is 11.5 Å². The molecule has 0 saturated carbocycles. The Morgan fingerprint density at radius 1 is 0.929 bits per heavy atom. The van der Waals surface area contributed by atoms with Crippen LogP contribution >= 0.6 is 0 Å². The molecule has 0 aromatic heterocycles. The van der Waals surface area contributed by atoms with Crippen LogP contribution in [0, 0.1) is 0 Å². The quantitative estimate of drug-likeness (QED) is 0.658. The molecule has 28 heavy (non-hydrogen) atoms. The zero-order chi connectivity index (χ0) is 21.8. The molecule has 2 N–H and O–H groups in total. The van der Waals surface area contributed by atoms with E-state index in [1.165, 1.54) is 0 Å². The van der Waals surface area contributed by atoms with Gasteiger partial charge >= 0.3 is 12.5 Å². The Morgan fingerprint density at radius 3 is 1.89 bits per heavy atom. The summed E-state index contributed by atoms with van der Waals surface area (Å²) in [5.41, 5.74) is -1.72. The third-order valence-electron chi connectivity index (χ3n) is 2.92. The molecular weight excluding hydrogens is 416 g/mol.